The first-order valence-electron chi connectivity index (χ1n) is 7.99. The SMILES string of the molecule is CC(C)CC1CCN(C(=O)CC2(O)CCCCC2)C1. The third-order valence-corrected chi connectivity index (χ3v) is 4.71. The first-order valence-corrected chi connectivity index (χ1v) is 7.99. The Balaban J connectivity index is 1.80. The maximum Gasteiger partial charge on any atom is 0.225 e. The maximum atomic E-state index is 12.3. The molecule has 1 atom stereocenters. The van der Waals surface area contributed by atoms with E-state index in [2.05, 4.69) is 13.8 Å². The molecule has 1 aliphatic heterocycles. The summed E-state index contributed by atoms with van der Waals surface area (Å²) in [5.41, 5.74) is -0.703. The van der Waals surface area contributed by atoms with Crippen molar-refractivity contribution in [3.8, 4) is 0 Å². The van der Waals surface area contributed by atoms with E-state index < -0.39 is 5.60 Å². The Kier molecular flexibility index (Phi) is 4.88. The average Bonchev–Trinajstić information content (AvgIpc) is 2.77. The third-order valence-electron chi connectivity index (χ3n) is 4.71. The van der Waals surface area contributed by atoms with Gasteiger partial charge in [0.05, 0.1) is 12.0 Å². The summed E-state index contributed by atoms with van der Waals surface area (Å²) < 4.78 is 0. The molecule has 0 aromatic rings. The van der Waals surface area contributed by atoms with Gasteiger partial charge in [0.1, 0.15) is 0 Å². The van der Waals surface area contributed by atoms with E-state index in [1.165, 1.54) is 12.8 Å². The summed E-state index contributed by atoms with van der Waals surface area (Å²) in [5, 5.41) is 10.5. The minimum absolute atomic E-state index is 0.177. The zero-order chi connectivity index (χ0) is 13.9. The second kappa shape index (κ2) is 6.25. The predicted octanol–water partition coefficient (Wildman–Crippen LogP) is 2.97. The van der Waals surface area contributed by atoms with Crippen LogP contribution in [-0.4, -0.2) is 34.6 Å². The van der Waals surface area contributed by atoms with Crippen molar-refractivity contribution in [2.75, 3.05) is 13.1 Å². The summed E-state index contributed by atoms with van der Waals surface area (Å²) in [4.78, 5) is 14.3. The van der Waals surface area contributed by atoms with E-state index in [4.69, 9.17) is 0 Å². The molecule has 1 unspecified atom stereocenters. The monoisotopic (exact) mass is 267 g/mol. The van der Waals surface area contributed by atoms with E-state index >= 15 is 0 Å². The molecule has 1 saturated heterocycles. The molecule has 1 amide bonds. The minimum Gasteiger partial charge on any atom is -0.389 e. The van der Waals surface area contributed by atoms with E-state index in [0.717, 1.165) is 45.2 Å². The number of aliphatic hydroxyl groups is 1. The summed E-state index contributed by atoms with van der Waals surface area (Å²) in [6, 6.07) is 0. The van der Waals surface area contributed by atoms with Crippen molar-refractivity contribution in [1.82, 2.24) is 4.90 Å². The number of nitrogens with zero attached hydrogens (tertiary/aromatic N) is 1. The molecular formula is C16H29NO2. The van der Waals surface area contributed by atoms with Crippen molar-refractivity contribution in [2.24, 2.45) is 11.8 Å². The van der Waals surface area contributed by atoms with Crippen molar-refractivity contribution < 1.29 is 9.90 Å². The quantitative estimate of drug-likeness (QED) is 0.850. The van der Waals surface area contributed by atoms with E-state index in [1.807, 2.05) is 4.90 Å². The topological polar surface area (TPSA) is 40.5 Å². The molecule has 0 aromatic carbocycles. The molecule has 0 bridgehead atoms. The van der Waals surface area contributed by atoms with Crippen LogP contribution in [0.4, 0.5) is 0 Å². The highest BCUT2D eigenvalue weighted by molar-refractivity contribution is 5.77. The molecule has 1 saturated carbocycles. The van der Waals surface area contributed by atoms with Crippen molar-refractivity contribution in [3.05, 3.63) is 0 Å². The first-order chi connectivity index (χ1) is 8.98. The number of carbonyl (C=O) groups excluding carboxylic acids is 1. The molecule has 0 radical (unpaired) electrons. The Bertz CT molecular complexity index is 308. The van der Waals surface area contributed by atoms with Crippen molar-refractivity contribution >= 4 is 5.91 Å². The highest BCUT2D eigenvalue weighted by atomic mass is 16.3. The summed E-state index contributed by atoms with van der Waals surface area (Å²) in [7, 11) is 0. The number of rotatable bonds is 4. The standard InChI is InChI=1S/C16H29NO2/c1-13(2)10-14-6-9-17(12-14)15(18)11-16(19)7-4-3-5-8-16/h13-14,19H,3-12H2,1-2H3. The van der Waals surface area contributed by atoms with Crippen LogP contribution in [0, 0.1) is 11.8 Å². The van der Waals surface area contributed by atoms with Crippen LogP contribution in [0.2, 0.25) is 0 Å². The molecule has 2 rings (SSSR count). The lowest BCUT2D eigenvalue weighted by atomic mass is 9.82. The van der Waals surface area contributed by atoms with Crippen LogP contribution in [0.25, 0.3) is 0 Å². The zero-order valence-electron chi connectivity index (χ0n) is 12.5. The maximum absolute atomic E-state index is 12.3. The number of hydrogen-bond donors (Lipinski definition) is 1. The summed E-state index contributed by atoms with van der Waals surface area (Å²) in [6.45, 7) is 6.30. The molecule has 2 aliphatic rings. The molecule has 0 spiro atoms. The molecule has 110 valence electrons. The van der Waals surface area contributed by atoms with Gasteiger partial charge in [-0.05, 0) is 37.5 Å². The van der Waals surface area contributed by atoms with E-state index in [1.54, 1.807) is 0 Å². The van der Waals surface area contributed by atoms with Crippen LogP contribution in [0.15, 0.2) is 0 Å². The van der Waals surface area contributed by atoms with Gasteiger partial charge in [0, 0.05) is 13.1 Å². The molecule has 1 N–H and O–H groups in total. The van der Waals surface area contributed by atoms with Gasteiger partial charge in [-0.3, -0.25) is 4.79 Å². The minimum atomic E-state index is -0.703. The van der Waals surface area contributed by atoms with Crippen LogP contribution in [0.3, 0.4) is 0 Å². The predicted molar refractivity (Wildman–Crippen MR) is 76.8 cm³/mol. The lowest BCUT2D eigenvalue weighted by Crippen LogP contribution is -2.39. The summed E-state index contributed by atoms with van der Waals surface area (Å²) in [6.07, 6.45) is 7.66. The normalized spacial score (nSPS) is 26.9. The third kappa shape index (κ3) is 4.20. The number of likely N-dealkylation sites (tertiary alicyclic amines) is 1. The van der Waals surface area contributed by atoms with Crippen molar-refractivity contribution in [2.45, 2.75) is 70.8 Å². The second-order valence-corrected chi connectivity index (χ2v) is 7.09. The highest BCUT2D eigenvalue weighted by Crippen LogP contribution is 2.32. The molecule has 2 fully saturated rings. The molecular weight excluding hydrogens is 238 g/mol. The highest BCUT2D eigenvalue weighted by Gasteiger charge is 2.35. The van der Waals surface area contributed by atoms with Gasteiger partial charge < -0.3 is 10.0 Å². The Hall–Kier alpha value is -0.570. The zero-order valence-corrected chi connectivity index (χ0v) is 12.5. The van der Waals surface area contributed by atoms with Gasteiger partial charge in [0.25, 0.3) is 0 Å². The van der Waals surface area contributed by atoms with Crippen LogP contribution < -0.4 is 0 Å². The Morgan fingerprint density at radius 1 is 1.32 bits per heavy atom. The molecule has 3 nitrogen and oxygen atoms in total. The largest absolute Gasteiger partial charge is 0.389 e. The second-order valence-electron chi connectivity index (χ2n) is 7.09. The fraction of sp³-hybridized carbons (Fsp3) is 0.938. The van der Waals surface area contributed by atoms with Crippen LogP contribution >= 0.6 is 0 Å². The van der Waals surface area contributed by atoms with Gasteiger partial charge in [-0.1, -0.05) is 33.1 Å². The van der Waals surface area contributed by atoms with E-state index in [9.17, 15) is 9.90 Å². The van der Waals surface area contributed by atoms with Crippen molar-refractivity contribution in [1.29, 1.82) is 0 Å². The van der Waals surface area contributed by atoms with E-state index in [-0.39, 0.29) is 5.91 Å². The fourth-order valence-corrected chi connectivity index (χ4v) is 3.70. The number of carbonyl (C=O) groups is 1. The fourth-order valence-electron chi connectivity index (χ4n) is 3.70. The van der Waals surface area contributed by atoms with Gasteiger partial charge in [0.2, 0.25) is 5.91 Å². The van der Waals surface area contributed by atoms with E-state index in [0.29, 0.717) is 18.3 Å². The lowest BCUT2D eigenvalue weighted by molar-refractivity contribution is -0.136. The Labute approximate surface area is 117 Å². The van der Waals surface area contributed by atoms with Gasteiger partial charge in [-0.2, -0.15) is 0 Å². The number of hydrogen-bond acceptors (Lipinski definition) is 2. The van der Waals surface area contributed by atoms with Gasteiger partial charge in [-0.25, -0.2) is 0 Å². The lowest BCUT2D eigenvalue weighted by Gasteiger charge is -2.32. The summed E-state index contributed by atoms with van der Waals surface area (Å²) >= 11 is 0. The Morgan fingerprint density at radius 3 is 2.63 bits per heavy atom. The molecule has 0 aromatic heterocycles. The van der Waals surface area contributed by atoms with Gasteiger partial charge in [-0.15, -0.1) is 0 Å². The van der Waals surface area contributed by atoms with Gasteiger partial charge in [0.15, 0.2) is 0 Å². The van der Waals surface area contributed by atoms with Gasteiger partial charge >= 0.3 is 0 Å². The molecule has 1 aliphatic carbocycles. The summed E-state index contributed by atoms with van der Waals surface area (Å²) in [5.74, 6) is 1.56. The first kappa shape index (κ1) is 14.8. The van der Waals surface area contributed by atoms with Crippen molar-refractivity contribution in [3.63, 3.8) is 0 Å². The molecule has 1 heterocycles. The molecule has 3 heteroatoms. The van der Waals surface area contributed by atoms with Crippen LogP contribution in [-0.2, 0) is 4.79 Å². The van der Waals surface area contributed by atoms with Crippen LogP contribution in [0.1, 0.15) is 65.2 Å². The Morgan fingerprint density at radius 2 is 2.00 bits per heavy atom. The molecule has 19 heavy (non-hydrogen) atoms. The number of amides is 1. The van der Waals surface area contributed by atoms with Crippen LogP contribution in [0.5, 0.6) is 0 Å². The smallest absolute Gasteiger partial charge is 0.225 e. The average molecular weight is 267 g/mol.